The number of hydrogen-bond donors (Lipinski definition) is 0. The van der Waals surface area contributed by atoms with E-state index in [0.717, 1.165) is 47.4 Å². The van der Waals surface area contributed by atoms with Crippen molar-refractivity contribution in [3.63, 3.8) is 0 Å². The predicted molar refractivity (Wildman–Crippen MR) is 78.4 cm³/mol. The first-order valence-electron chi connectivity index (χ1n) is 7.34. The lowest BCUT2D eigenvalue weighted by Gasteiger charge is -2.10. The average Bonchev–Trinajstić information content (AvgIpc) is 3.00. The maximum Gasteiger partial charge on any atom is 0.435 e. The Morgan fingerprint density at radius 2 is 1.44 bits per heavy atom. The Labute approximate surface area is 147 Å². The topological polar surface area (TPSA) is 43.6 Å². The second-order valence-corrected chi connectivity index (χ2v) is 5.47. The molecule has 2 aromatic heterocycles. The van der Waals surface area contributed by atoms with E-state index < -0.39 is 29.4 Å². The lowest BCUT2D eigenvalue weighted by molar-refractivity contribution is -0.141. The number of hydrogen-bond acceptors (Lipinski definition) is 3. The molecular weight excluding hydrogens is 381 g/mol. The summed E-state index contributed by atoms with van der Waals surface area (Å²) in [5.74, 6) is -0.691. The van der Waals surface area contributed by atoms with Gasteiger partial charge in [-0.15, -0.1) is 0 Å². The molecule has 4 nitrogen and oxygen atoms in total. The van der Waals surface area contributed by atoms with Crippen LogP contribution < -0.4 is 0 Å². The summed E-state index contributed by atoms with van der Waals surface area (Å²) in [6, 6.07) is 4.23. The van der Waals surface area contributed by atoms with Crippen LogP contribution in [0.15, 0.2) is 42.7 Å². The van der Waals surface area contributed by atoms with Crippen molar-refractivity contribution in [3.05, 3.63) is 71.3 Å². The summed E-state index contributed by atoms with van der Waals surface area (Å²) in [4.78, 5) is 7.34. The first kappa shape index (κ1) is 18.8. The van der Waals surface area contributed by atoms with Crippen LogP contribution in [-0.4, -0.2) is 19.7 Å². The molecule has 142 valence electrons. The number of rotatable bonds is 3. The third-order valence-corrected chi connectivity index (χ3v) is 3.53. The highest BCUT2D eigenvalue weighted by atomic mass is 19.4. The van der Waals surface area contributed by atoms with Crippen molar-refractivity contribution in [2.45, 2.75) is 18.8 Å². The first-order valence-corrected chi connectivity index (χ1v) is 7.34. The van der Waals surface area contributed by atoms with Gasteiger partial charge in [0.15, 0.2) is 11.5 Å². The van der Waals surface area contributed by atoms with Gasteiger partial charge in [0, 0.05) is 0 Å². The van der Waals surface area contributed by atoms with E-state index in [2.05, 4.69) is 15.1 Å². The summed E-state index contributed by atoms with van der Waals surface area (Å²) >= 11 is 0. The number of benzene rings is 1. The molecule has 0 radical (unpaired) electrons. The summed E-state index contributed by atoms with van der Waals surface area (Å²) in [6.45, 7) is 0. The van der Waals surface area contributed by atoms with Crippen LogP contribution in [0.3, 0.4) is 0 Å². The molecule has 0 amide bonds. The molecule has 3 aromatic rings. The van der Waals surface area contributed by atoms with E-state index in [-0.39, 0.29) is 23.6 Å². The van der Waals surface area contributed by atoms with Crippen molar-refractivity contribution >= 4 is 0 Å². The number of nitrogens with zero attached hydrogens (tertiary/aromatic N) is 4. The molecule has 3 rings (SSSR count). The number of halogens is 7. The Hall–Kier alpha value is -2.98. The van der Waals surface area contributed by atoms with E-state index in [1.807, 2.05) is 0 Å². The zero-order valence-corrected chi connectivity index (χ0v) is 13.2. The van der Waals surface area contributed by atoms with Crippen molar-refractivity contribution in [1.29, 1.82) is 0 Å². The lowest BCUT2D eigenvalue weighted by Crippen LogP contribution is -2.09. The van der Waals surface area contributed by atoms with Crippen LogP contribution >= 0.6 is 0 Å². The summed E-state index contributed by atoms with van der Waals surface area (Å²) in [5, 5.41) is 3.44. The smallest absolute Gasteiger partial charge is 0.238 e. The second-order valence-electron chi connectivity index (χ2n) is 5.47. The molecule has 0 bridgehead atoms. The Balaban J connectivity index is 2.02. The number of alkyl halides is 6. The molecule has 0 saturated carbocycles. The van der Waals surface area contributed by atoms with Crippen LogP contribution in [-0.2, 0) is 18.8 Å². The molecule has 11 heteroatoms. The van der Waals surface area contributed by atoms with Gasteiger partial charge in [0.25, 0.3) is 0 Å². The van der Waals surface area contributed by atoms with Gasteiger partial charge in [0.1, 0.15) is 5.82 Å². The molecule has 0 fully saturated rings. The van der Waals surface area contributed by atoms with Crippen LogP contribution in [0.4, 0.5) is 30.7 Å². The van der Waals surface area contributed by atoms with Gasteiger partial charge < -0.3 is 0 Å². The fraction of sp³-hybridized carbons (Fsp3) is 0.188. The van der Waals surface area contributed by atoms with Gasteiger partial charge in [-0.05, 0) is 30.3 Å². The zero-order valence-electron chi connectivity index (χ0n) is 13.2. The monoisotopic (exact) mass is 390 g/mol. The van der Waals surface area contributed by atoms with Gasteiger partial charge in [0.05, 0.1) is 35.8 Å². The van der Waals surface area contributed by atoms with Crippen molar-refractivity contribution in [2.75, 3.05) is 0 Å². The van der Waals surface area contributed by atoms with Gasteiger partial charge in [0.2, 0.25) is 0 Å². The number of aromatic nitrogens is 4. The highest BCUT2D eigenvalue weighted by Crippen LogP contribution is 2.32. The molecule has 2 heterocycles. The van der Waals surface area contributed by atoms with E-state index in [1.165, 1.54) is 0 Å². The minimum Gasteiger partial charge on any atom is -0.238 e. The maximum absolute atomic E-state index is 13.0. The van der Waals surface area contributed by atoms with E-state index in [1.54, 1.807) is 0 Å². The van der Waals surface area contributed by atoms with E-state index in [9.17, 15) is 30.7 Å². The molecular formula is C16H9F7N4. The molecule has 0 N–H and O–H groups in total. The van der Waals surface area contributed by atoms with E-state index in [4.69, 9.17) is 0 Å². The van der Waals surface area contributed by atoms with E-state index >= 15 is 0 Å². The SMILES string of the molecule is Fc1cnc(Cc2cc(C(F)(F)F)nn2-c2ccc(C(F)(F)F)cc2)nc1. The Bertz CT molecular complexity index is 925. The molecule has 1 aromatic carbocycles. The summed E-state index contributed by atoms with van der Waals surface area (Å²) in [5.41, 5.74) is -2.19. The minimum atomic E-state index is -4.75. The van der Waals surface area contributed by atoms with Crippen LogP contribution in [0.1, 0.15) is 22.8 Å². The van der Waals surface area contributed by atoms with Crippen molar-refractivity contribution in [2.24, 2.45) is 0 Å². The van der Waals surface area contributed by atoms with Crippen LogP contribution in [0.5, 0.6) is 0 Å². The van der Waals surface area contributed by atoms with E-state index in [0.29, 0.717) is 0 Å². The molecule has 0 aliphatic carbocycles. The molecule has 0 aliphatic heterocycles. The van der Waals surface area contributed by atoms with Crippen LogP contribution in [0.2, 0.25) is 0 Å². The molecule has 0 saturated heterocycles. The Kier molecular flexibility index (Phi) is 4.62. The Morgan fingerprint density at radius 3 is 1.96 bits per heavy atom. The summed E-state index contributed by atoms with van der Waals surface area (Å²) < 4.78 is 90.7. The molecule has 0 unspecified atom stereocenters. The Morgan fingerprint density at radius 1 is 0.852 bits per heavy atom. The van der Waals surface area contributed by atoms with Gasteiger partial charge in [-0.3, -0.25) is 0 Å². The van der Waals surface area contributed by atoms with Crippen molar-refractivity contribution in [3.8, 4) is 5.69 Å². The quantitative estimate of drug-likeness (QED) is 0.622. The van der Waals surface area contributed by atoms with Crippen molar-refractivity contribution < 1.29 is 30.7 Å². The highest BCUT2D eigenvalue weighted by molar-refractivity contribution is 5.38. The third kappa shape index (κ3) is 4.23. The predicted octanol–water partition coefficient (Wildman–Crippen LogP) is 4.43. The van der Waals surface area contributed by atoms with Crippen LogP contribution in [0, 0.1) is 5.82 Å². The lowest BCUT2D eigenvalue weighted by atomic mass is 10.2. The summed E-state index contributed by atoms with van der Waals surface area (Å²) in [6.07, 6.45) is -7.86. The molecule has 0 spiro atoms. The summed E-state index contributed by atoms with van der Waals surface area (Å²) in [7, 11) is 0. The van der Waals surface area contributed by atoms with Crippen LogP contribution in [0.25, 0.3) is 5.69 Å². The fourth-order valence-electron chi connectivity index (χ4n) is 2.29. The molecule has 0 aliphatic rings. The van der Waals surface area contributed by atoms with Gasteiger partial charge in [-0.2, -0.15) is 31.4 Å². The van der Waals surface area contributed by atoms with Gasteiger partial charge >= 0.3 is 12.4 Å². The second kappa shape index (κ2) is 6.63. The minimum absolute atomic E-state index is 0.00406. The highest BCUT2D eigenvalue weighted by Gasteiger charge is 2.35. The first-order chi connectivity index (χ1) is 12.5. The standard InChI is InChI=1S/C16H9F7N4/c17-10-7-24-14(25-8-10)6-12-5-13(16(21,22)23)26-27(12)11-3-1-9(2-4-11)15(18,19)20/h1-5,7-8H,6H2. The fourth-order valence-corrected chi connectivity index (χ4v) is 2.29. The maximum atomic E-state index is 13.0. The van der Waals surface area contributed by atoms with Gasteiger partial charge in [-0.1, -0.05) is 0 Å². The van der Waals surface area contributed by atoms with Gasteiger partial charge in [-0.25, -0.2) is 19.0 Å². The third-order valence-electron chi connectivity index (χ3n) is 3.53. The molecule has 27 heavy (non-hydrogen) atoms. The largest absolute Gasteiger partial charge is 0.435 e. The molecule has 0 atom stereocenters. The zero-order chi connectivity index (χ0) is 19.8. The van der Waals surface area contributed by atoms with Crippen molar-refractivity contribution in [1.82, 2.24) is 19.7 Å². The normalized spacial score (nSPS) is 12.4. The average molecular weight is 390 g/mol.